The molecule has 3 aromatic rings. The summed E-state index contributed by atoms with van der Waals surface area (Å²) in [6.07, 6.45) is 0. The van der Waals surface area contributed by atoms with Crippen LogP contribution in [0.15, 0.2) is 82.6 Å². The van der Waals surface area contributed by atoms with Crippen LogP contribution < -0.4 is 0 Å². The highest BCUT2D eigenvalue weighted by Gasteiger charge is 2.32. The lowest BCUT2D eigenvalue weighted by Gasteiger charge is -2.33. The largest absolute Gasteiger partial charge is 0.143 e. The quantitative estimate of drug-likeness (QED) is 0.430. The van der Waals surface area contributed by atoms with Gasteiger partial charge < -0.3 is 0 Å². The molecule has 0 saturated heterocycles. The van der Waals surface area contributed by atoms with Gasteiger partial charge in [-0.05, 0) is 60.4 Å². The zero-order valence-corrected chi connectivity index (χ0v) is 15.1. The van der Waals surface area contributed by atoms with Crippen molar-refractivity contribution in [2.24, 2.45) is 0 Å². The predicted octanol–water partition coefficient (Wildman–Crippen LogP) is 5.93. The molecule has 0 fully saturated rings. The van der Waals surface area contributed by atoms with Gasteiger partial charge in [-0.1, -0.05) is 48.5 Å². The molecule has 0 aromatic heterocycles. The first-order valence-electron chi connectivity index (χ1n) is 7.67. The van der Waals surface area contributed by atoms with Crippen molar-refractivity contribution in [1.82, 2.24) is 0 Å². The number of thiol groups is 2. The van der Waals surface area contributed by atoms with Gasteiger partial charge in [0.2, 0.25) is 0 Å². The maximum atomic E-state index is 4.48. The first-order valence-corrected chi connectivity index (χ1v) is 8.56. The summed E-state index contributed by atoms with van der Waals surface area (Å²) in [5.74, 6) is 0. The molecule has 0 nitrogen and oxygen atoms in total. The van der Waals surface area contributed by atoms with E-state index in [1.54, 1.807) is 0 Å². The topological polar surface area (TPSA) is 0 Å². The second-order valence-corrected chi connectivity index (χ2v) is 7.07. The van der Waals surface area contributed by atoms with Crippen molar-refractivity contribution >= 4 is 25.3 Å². The average Bonchev–Trinajstić information content (AvgIpc) is 2.55. The van der Waals surface area contributed by atoms with Crippen LogP contribution in [0.25, 0.3) is 0 Å². The van der Waals surface area contributed by atoms with E-state index in [9.17, 15) is 0 Å². The summed E-state index contributed by atoms with van der Waals surface area (Å²) >= 11 is 8.90. The molecule has 0 N–H and O–H groups in total. The zero-order chi connectivity index (χ0) is 16.4. The fraction of sp³-hybridized carbons (Fsp3) is 0.143. The Morgan fingerprint density at radius 3 is 1.87 bits per heavy atom. The van der Waals surface area contributed by atoms with Crippen molar-refractivity contribution in [2.75, 3.05) is 0 Å². The van der Waals surface area contributed by atoms with Gasteiger partial charge in [0, 0.05) is 15.2 Å². The Kier molecular flexibility index (Phi) is 4.56. The van der Waals surface area contributed by atoms with Crippen LogP contribution in [0.2, 0.25) is 0 Å². The van der Waals surface area contributed by atoms with E-state index >= 15 is 0 Å². The lowest BCUT2D eigenvalue weighted by molar-refractivity contribution is 0.685. The Morgan fingerprint density at radius 1 is 0.696 bits per heavy atom. The van der Waals surface area contributed by atoms with Crippen LogP contribution in [-0.4, -0.2) is 0 Å². The third-order valence-corrected chi connectivity index (χ3v) is 5.12. The van der Waals surface area contributed by atoms with Gasteiger partial charge in [-0.25, -0.2) is 0 Å². The van der Waals surface area contributed by atoms with Crippen molar-refractivity contribution in [2.45, 2.75) is 29.1 Å². The zero-order valence-electron chi connectivity index (χ0n) is 13.3. The number of rotatable bonds is 3. The van der Waals surface area contributed by atoms with E-state index in [1.807, 2.05) is 0 Å². The number of benzene rings is 3. The van der Waals surface area contributed by atoms with E-state index in [2.05, 4.69) is 112 Å². The molecule has 2 heteroatoms. The molecule has 3 rings (SSSR count). The standard InChI is InChI=1S/C21H20S2/c1-15-14-19(23)12-13-20(15)21(2,16-6-4-3-5-7-16)17-8-10-18(22)11-9-17/h3-14,22-23H,1-2H3. The number of hydrogen-bond acceptors (Lipinski definition) is 2. The number of aryl methyl sites for hydroxylation is 1. The van der Waals surface area contributed by atoms with E-state index in [1.165, 1.54) is 22.3 Å². The molecule has 23 heavy (non-hydrogen) atoms. The lowest BCUT2D eigenvalue weighted by Crippen LogP contribution is -2.26. The van der Waals surface area contributed by atoms with Gasteiger partial charge in [0.25, 0.3) is 0 Å². The molecule has 0 heterocycles. The smallest absolute Gasteiger partial charge is 0.0425 e. The summed E-state index contributed by atoms with van der Waals surface area (Å²) in [5.41, 5.74) is 4.87. The second-order valence-electron chi connectivity index (χ2n) is 6.04. The highest BCUT2D eigenvalue weighted by Crippen LogP contribution is 2.40. The monoisotopic (exact) mass is 336 g/mol. The van der Waals surface area contributed by atoms with Crippen LogP contribution >= 0.6 is 25.3 Å². The molecule has 0 amide bonds. The fourth-order valence-corrected chi connectivity index (χ4v) is 3.67. The van der Waals surface area contributed by atoms with Crippen molar-refractivity contribution in [3.8, 4) is 0 Å². The molecule has 0 aliphatic heterocycles. The summed E-state index contributed by atoms with van der Waals surface area (Å²) < 4.78 is 0. The molecular formula is C21H20S2. The normalized spacial score (nSPS) is 13.6. The first kappa shape index (κ1) is 16.2. The minimum atomic E-state index is -0.214. The highest BCUT2D eigenvalue weighted by atomic mass is 32.1. The molecule has 0 radical (unpaired) electrons. The minimum Gasteiger partial charge on any atom is -0.143 e. The molecule has 0 spiro atoms. The van der Waals surface area contributed by atoms with Crippen molar-refractivity contribution in [3.63, 3.8) is 0 Å². The Bertz CT molecular complexity index is 807. The summed E-state index contributed by atoms with van der Waals surface area (Å²) in [4.78, 5) is 1.97. The third kappa shape index (κ3) is 3.06. The van der Waals surface area contributed by atoms with Crippen LogP contribution in [-0.2, 0) is 5.41 Å². The molecule has 1 unspecified atom stereocenters. The van der Waals surface area contributed by atoms with Gasteiger partial charge >= 0.3 is 0 Å². The van der Waals surface area contributed by atoms with Gasteiger partial charge in [-0.15, -0.1) is 25.3 Å². The van der Waals surface area contributed by atoms with Gasteiger partial charge in [0.1, 0.15) is 0 Å². The Labute approximate surface area is 149 Å². The maximum Gasteiger partial charge on any atom is 0.0425 e. The van der Waals surface area contributed by atoms with Crippen LogP contribution in [0.1, 0.15) is 29.2 Å². The van der Waals surface area contributed by atoms with Gasteiger partial charge in [0.15, 0.2) is 0 Å². The van der Waals surface area contributed by atoms with Crippen LogP contribution in [0, 0.1) is 6.92 Å². The van der Waals surface area contributed by atoms with Crippen LogP contribution in [0.5, 0.6) is 0 Å². The molecule has 0 bridgehead atoms. The van der Waals surface area contributed by atoms with Crippen molar-refractivity contribution in [3.05, 3.63) is 95.1 Å². The molecule has 1 atom stereocenters. The average molecular weight is 337 g/mol. The molecule has 0 aliphatic carbocycles. The number of hydrogen-bond donors (Lipinski definition) is 2. The van der Waals surface area contributed by atoms with E-state index < -0.39 is 0 Å². The van der Waals surface area contributed by atoms with Crippen molar-refractivity contribution < 1.29 is 0 Å². The molecular weight excluding hydrogens is 316 g/mol. The van der Waals surface area contributed by atoms with E-state index in [0.29, 0.717) is 0 Å². The second kappa shape index (κ2) is 6.46. The molecule has 3 aromatic carbocycles. The maximum absolute atomic E-state index is 4.48. The SMILES string of the molecule is Cc1cc(S)ccc1C(C)(c1ccccc1)c1ccc(S)cc1. The highest BCUT2D eigenvalue weighted by molar-refractivity contribution is 7.80. The van der Waals surface area contributed by atoms with Crippen molar-refractivity contribution in [1.29, 1.82) is 0 Å². The van der Waals surface area contributed by atoms with Crippen LogP contribution in [0.3, 0.4) is 0 Å². The predicted molar refractivity (Wildman–Crippen MR) is 104 cm³/mol. The summed E-state index contributed by atoms with van der Waals surface area (Å²) in [5, 5.41) is 0. The molecule has 0 aliphatic rings. The minimum absolute atomic E-state index is 0.214. The Morgan fingerprint density at radius 2 is 1.26 bits per heavy atom. The van der Waals surface area contributed by atoms with Crippen LogP contribution in [0.4, 0.5) is 0 Å². The van der Waals surface area contributed by atoms with E-state index in [-0.39, 0.29) is 5.41 Å². The Balaban J connectivity index is 2.28. The fourth-order valence-electron chi connectivity index (χ4n) is 3.25. The molecule has 116 valence electrons. The first-order chi connectivity index (χ1) is 11.0. The Hall–Kier alpha value is -1.64. The summed E-state index contributed by atoms with van der Waals surface area (Å²) in [7, 11) is 0. The lowest BCUT2D eigenvalue weighted by atomic mass is 9.70. The van der Waals surface area contributed by atoms with Gasteiger partial charge in [-0.3, -0.25) is 0 Å². The molecule has 0 saturated carbocycles. The van der Waals surface area contributed by atoms with Gasteiger partial charge in [0.05, 0.1) is 0 Å². The van der Waals surface area contributed by atoms with E-state index in [0.717, 1.165) is 9.79 Å². The summed E-state index contributed by atoms with van der Waals surface area (Å²) in [6, 6.07) is 25.5. The third-order valence-electron chi connectivity index (χ3n) is 4.54. The van der Waals surface area contributed by atoms with Gasteiger partial charge in [-0.2, -0.15) is 0 Å². The van der Waals surface area contributed by atoms with E-state index in [4.69, 9.17) is 0 Å². The summed E-state index contributed by atoms with van der Waals surface area (Å²) in [6.45, 7) is 4.44.